The van der Waals surface area contributed by atoms with Gasteiger partial charge in [-0.3, -0.25) is 9.55 Å². The van der Waals surface area contributed by atoms with E-state index in [0.29, 0.717) is 0 Å². The number of benzene rings is 1. The molecule has 1 aromatic carbocycles. The number of pyridine rings is 2. The summed E-state index contributed by atoms with van der Waals surface area (Å²) < 4.78 is 25.6. The highest BCUT2D eigenvalue weighted by molar-refractivity contribution is 7.90. The van der Waals surface area contributed by atoms with Gasteiger partial charge >= 0.3 is 0 Å². The molecule has 0 aliphatic carbocycles. The number of nitrogens with zero attached hydrogens (tertiary/aromatic N) is 4. The fourth-order valence-electron chi connectivity index (χ4n) is 3.65. The molecule has 4 aromatic rings. The first kappa shape index (κ1) is 21.9. The molecule has 0 aliphatic heterocycles. The van der Waals surface area contributed by atoms with Gasteiger partial charge in [-0.15, -0.1) is 0 Å². The molecular weight excluding hydrogens is 420 g/mol. The van der Waals surface area contributed by atoms with E-state index in [0.717, 1.165) is 39.9 Å². The Morgan fingerprint density at radius 3 is 2.19 bits per heavy atom. The van der Waals surface area contributed by atoms with Gasteiger partial charge in [-0.25, -0.2) is 18.4 Å². The summed E-state index contributed by atoms with van der Waals surface area (Å²) in [6, 6.07) is 16.6. The van der Waals surface area contributed by atoms with Crippen LogP contribution in [0, 0.1) is 6.92 Å². The average molecular weight is 447 g/mol. The maximum Gasteiger partial charge on any atom is 0.175 e. The average Bonchev–Trinajstić information content (AvgIpc) is 3.11. The van der Waals surface area contributed by atoms with Crippen LogP contribution in [0.25, 0.3) is 28.3 Å². The fourth-order valence-corrected chi connectivity index (χ4v) is 4.28. The predicted octanol–water partition coefficient (Wildman–Crippen LogP) is 5.01. The highest BCUT2D eigenvalue weighted by Gasteiger charge is 2.26. The van der Waals surface area contributed by atoms with E-state index >= 15 is 0 Å². The second-order valence-electron chi connectivity index (χ2n) is 8.87. The summed E-state index contributed by atoms with van der Waals surface area (Å²) >= 11 is 0. The lowest BCUT2D eigenvalue weighted by molar-refractivity contribution is 0.532. The van der Waals surface area contributed by atoms with Crippen LogP contribution < -0.4 is 0 Å². The number of imidazole rings is 1. The number of sulfone groups is 1. The van der Waals surface area contributed by atoms with E-state index < -0.39 is 9.84 Å². The van der Waals surface area contributed by atoms with E-state index in [9.17, 15) is 8.42 Å². The normalized spacial score (nSPS) is 12.2. The highest BCUT2D eigenvalue weighted by Crippen LogP contribution is 2.33. The van der Waals surface area contributed by atoms with Crippen LogP contribution in [-0.4, -0.2) is 34.2 Å². The van der Waals surface area contributed by atoms with Crippen molar-refractivity contribution >= 4 is 9.84 Å². The summed E-state index contributed by atoms with van der Waals surface area (Å²) in [6.07, 6.45) is 4.74. The van der Waals surface area contributed by atoms with Crippen molar-refractivity contribution in [3.63, 3.8) is 0 Å². The Bertz CT molecular complexity index is 1370. The lowest BCUT2D eigenvalue weighted by Crippen LogP contribution is -2.19. The first-order valence-electron chi connectivity index (χ1n) is 10.3. The van der Waals surface area contributed by atoms with Crippen molar-refractivity contribution in [2.75, 3.05) is 6.26 Å². The minimum atomic E-state index is -3.24. The molecule has 7 heteroatoms. The highest BCUT2D eigenvalue weighted by atomic mass is 32.2. The Balaban J connectivity index is 1.83. The number of rotatable bonds is 4. The number of hydrogen-bond donors (Lipinski definition) is 0. The maximum absolute atomic E-state index is 11.8. The van der Waals surface area contributed by atoms with Crippen molar-refractivity contribution in [2.24, 2.45) is 0 Å². The summed E-state index contributed by atoms with van der Waals surface area (Å²) in [7, 11) is -3.24. The topological polar surface area (TPSA) is 77.7 Å². The summed E-state index contributed by atoms with van der Waals surface area (Å²) in [5.41, 5.74) is 4.23. The molecule has 0 amide bonds. The Hall–Kier alpha value is -3.32. The van der Waals surface area contributed by atoms with Crippen molar-refractivity contribution in [3.8, 4) is 28.3 Å². The Labute approximate surface area is 188 Å². The Kier molecular flexibility index (Phi) is 5.46. The zero-order valence-electron chi connectivity index (χ0n) is 18.9. The molecule has 0 aliphatic rings. The van der Waals surface area contributed by atoms with Crippen molar-refractivity contribution in [1.82, 2.24) is 19.5 Å². The fraction of sp³-hybridized carbons (Fsp3) is 0.240. The third-order valence-electron chi connectivity index (χ3n) is 5.27. The van der Waals surface area contributed by atoms with E-state index in [4.69, 9.17) is 4.98 Å². The van der Waals surface area contributed by atoms with Gasteiger partial charge in [0, 0.05) is 40.9 Å². The van der Waals surface area contributed by atoms with Crippen molar-refractivity contribution in [3.05, 3.63) is 78.5 Å². The zero-order valence-corrected chi connectivity index (χ0v) is 19.7. The zero-order chi connectivity index (χ0) is 23.1. The van der Waals surface area contributed by atoms with Crippen molar-refractivity contribution < 1.29 is 8.42 Å². The number of aromatic nitrogens is 4. The van der Waals surface area contributed by atoms with Gasteiger partial charge in [-0.2, -0.15) is 0 Å². The molecule has 0 fully saturated rings. The third-order valence-corrected chi connectivity index (χ3v) is 6.40. The largest absolute Gasteiger partial charge is 0.284 e. The van der Waals surface area contributed by atoms with Crippen LogP contribution in [0.1, 0.15) is 32.3 Å². The van der Waals surface area contributed by atoms with Crippen molar-refractivity contribution in [1.29, 1.82) is 0 Å². The first-order chi connectivity index (χ1) is 15.1. The molecule has 4 rings (SSSR count). The first-order valence-corrected chi connectivity index (χ1v) is 12.2. The van der Waals surface area contributed by atoms with Crippen LogP contribution in [0.5, 0.6) is 0 Å². The molecule has 3 heterocycles. The van der Waals surface area contributed by atoms with Crippen LogP contribution in [0.2, 0.25) is 0 Å². The van der Waals surface area contributed by atoms with Gasteiger partial charge in [-0.1, -0.05) is 39.0 Å². The molecule has 0 spiro atoms. The Morgan fingerprint density at radius 1 is 0.875 bits per heavy atom. The van der Waals surface area contributed by atoms with E-state index in [1.54, 1.807) is 36.7 Å². The molecule has 3 aromatic heterocycles. The maximum atomic E-state index is 11.8. The second kappa shape index (κ2) is 7.98. The SMILES string of the molecule is Cc1c(-c2ccnc(-c3ccc(S(C)(=O)=O)cc3)c2)nc(C(C)(C)C)n1-c1ccccn1. The van der Waals surface area contributed by atoms with Gasteiger partial charge in [0.15, 0.2) is 9.84 Å². The summed E-state index contributed by atoms with van der Waals surface area (Å²) in [5, 5.41) is 0. The van der Waals surface area contributed by atoms with Crippen LogP contribution in [-0.2, 0) is 15.3 Å². The third kappa shape index (κ3) is 4.21. The molecule has 0 atom stereocenters. The summed E-state index contributed by atoms with van der Waals surface area (Å²) in [5.74, 6) is 1.76. The second-order valence-corrected chi connectivity index (χ2v) is 10.9. The molecule has 164 valence electrons. The molecule has 6 nitrogen and oxygen atoms in total. The molecule has 0 unspecified atom stereocenters. The predicted molar refractivity (Wildman–Crippen MR) is 127 cm³/mol. The molecule has 0 N–H and O–H groups in total. The van der Waals surface area contributed by atoms with E-state index in [-0.39, 0.29) is 10.3 Å². The molecule has 32 heavy (non-hydrogen) atoms. The Morgan fingerprint density at radius 2 is 1.59 bits per heavy atom. The van der Waals surface area contributed by atoms with E-state index in [1.807, 2.05) is 37.3 Å². The minimum Gasteiger partial charge on any atom is -0.284 e. The van der Waals surface area contributed by atoms with Crippen LogP contribution >= 0.6 is 0 Å². The van der Waals surface area contributed by atoms with Crippen molar-refractivity contribution in [2.45, 2.75) is 38.0 Å². The van der Waals surface area contributed by atoms with Crippen LogP contribution in [0.3, 0.4) is 0 Å². The standard InChI is InChI=1S/C25H26N4O2S/c1-17-23(28-24(25(2,3)4)29(17)22-8-6-7-14-27-22)19-13-15-26-21(16-19)18-9-11-20(12-10-18)32(5,30)31/h6-16H,1-5H3. The van der Waals surface area contributed by atoms with Gasteiger partial charge in [0.25, 0.3) is 0 Å². The molecular formula is C25H26N4O2S. The monoisotopic (exact) mass is 446 g/mol. The van der Waals surface area contributed by atoms with Crippen LogP contribution in [0.15, 0.2) is 71.9 Å². The molecule has 0 bridgehead atoms. The molecule has 0 saturated carbocycles. The minimum absolute atomic E-state index is 0.183. The van der Waals surface area contributed by atoms with E-state index in [2.05, 4.69) is 35.3 Å². The van der Waals surface area contributed by atoms with Gasteiger partial charge in [0.05, 0.1) is 16.3 Å². The quantitative estimate of drug-likeness (QED) is 0.441. The number of hydrogen-bond acceptors (Lipinski definition) is 5. The van der Waals surface area contributed by atoms with Gasteiger partial charge < -0.3 is 0 Å². The van der Waals surface area contributed by atoms with Gasteiger partial charge in [0.1, 0.15) is 11.6 Å². The van der Waals surface area contributed by atoms with Gasteiger partial charge in [-0.05, 0) is 43.3 Å². The summed E-state index contributed by atoms with van der Waals surface area (Å²) in [4.78, 5) is 14.4. The molecule has 0 saturated heterocycles. The van der Waals surface area contributed by atoms with Crippen LogP contribution in [0.4, 0.5) is 0 Å². The molecule has 0 radical (unpaired) electrons. The lowest BCUT2D eigenvalue weighted by Gasteiger charge is -2.20. The lowest BCUT2D eigenvalue weighted by atomic mass is 9.95. The smallest absolute Gasteiger partial charge is 0.175 e. The summed E-state index contributed by atoms with van der Waals surface area (Å²) in [6.45, 7) is 8.46. The van der Waals surface area contributed by atoms with E-state index in [1.165, 1.54) is 6.26 Å². The van der Waals surface area contributed by atoms with Gasteiger partial charge in [0.2, 0.25) is 0 Å².